The molecule has 0 atom stereocenters. The van der Waals surface area contributed by atoms with E-state index in [1.165, 1.54) is 37.8 Å². The summed E-state index contributed by atoms with van der Waals surface area (Å²) in [6.45, 7) is 0. The van der Waals surface area contributed by atoms with Crippen molar-refractivity contribution in [2.24, 2.45) is 0 Å². The van der Waals surface area contributed by atoms with E-state index in [-0.39, 0.29) is 0 Å². The van der Waals surface area contributed by atoms with Gasteiger partial charge >= 0.3 is 0 Å². The summed E-state index contributed by atoms with van der Waals surface area (Å²) >= 11 is 0. The Morgan fingerprint density at radius 1 is 0.511 bits per heavy atom. The molecular weight excluding hydrogens is 552 g/mol. The molecule has 210 valence electrons. The van der Waals surface area contributed by atoms with E-state index in [0.717, 1.165) is 44.7 Å². The molecule has 4 heterocycles. The van der Waals surface area contributed by atoms with E-state index in [9.17, 15) is 0 Å². The Hall–Kier alpha value is -6.20. The number of hydrogen-bond acceptors (Lipinski definition) is 3. The van der Waals surface area contributed by atoms with E-state index < -0.39 is 0 Å². The first-order valence-corrected chi connectivity index (χ1v) is 15.1. The molecule has 5 nitrogen and oxygen atoms in total. The second-order valence-corrected chi connectivity index (χ2v) is 11.5. The molecule has 45 heavy (non-hydrogen) atoms. The van der Waals surface area contributed by atoms with Crippen molar-refractivity contribution < 1.29 is 4.42 Å². The van der Waals surface area contributed by atoms with Gasteiger partial charge < -0.3 is 8.98 Å². The van der Waals surface area contributed by atoms with Gasteiger partial charge in [-0.25, -0.2) is 9.97 Å². The highest BCUT2D eigenvalue weighted by molar-refractivity contribution is 6.19. The van der Waals surface area contributed by atoms with Gasteiger partial charge in [0.05, 0.1) is 22.1 Å². The van der Waals surface area contributed by atoms with Gasteiger partial charge in [0.2, 0.25) is 5.89 Å². The molecule has 0 unspecified atom stereocenters. The number of oxazole rings is 1. The average Bonchev–Trinajstić information content (AvgIpc) is 3.78. The van der Waals surface area contributed by atoms with Crippen molar-refractivity contribution in [2.45, 2.75) is 0 Å². The lowest BCUT2D eigenvalue weighted by molar-refractivity contribution is 0.620. The van der Waals surface area contributed by atoms with Gasteiger partial charge in [0.1, 0.15) is 11.3 Å². The van der Waals surface area contributed by atoms with E-state index in [0.29, 0.717) is 5.89 Å². The molecule has 0 aliphatic carbocycles. The largest absolute Gasteiger partial charge is 0.436 e. The SMILES string of the molecule is c1ccc(-n2c3ccccc3c3ccc(-n4c5cc(-c6nc7ccccc7o6)ccc5c5ccc6ccccc6c54)cc32)nc1. The van der Waals surface area contributed by atoms with Crippen molar-refractivity contribution in [3.05, 3.63) is 146 Å². The van der Waals surface area contributed by atoms with Gasteiger partial charge in [-0.1, -0.05) is 84.9 Å². The van der Waals surface area contributed by atoms with Crippen molar-refractivity contribution in [3.63, 3.8) is 0 Å². The van der Waals surface area contributed by atoms with E-state index >= 15 is 0 Å². The Balaban J connectivity index is 1.32. The van der Waals surface area contributed by atoms with Gasteiger partial charge in [0.15, 0.2) is 5.58 Å². The Bertz CT molecular complexity index is 2730. The van der Waals surface area contributed by atoms with Crippen LogP contribution in [0.2, 0.25) is 0 Å². The molecule has 0 aliphatic rings. The molecule has 6 aromatic carbocycles. The molecule has 5 heteroatoms. The summed E-state index contributed by atoms with van der Waals surface area (Å²) in [6, 6.07) is 49.0. The average molecular weight is 577 g/mol. The fourth-order valence-corrected chi connectivity index (χ4v) is 7.01. The number of nitrogens with zero attached hydrogens (tertiary/aromatic N) is 4. The van der Waals surface area contributed by atoms with E-state index in [1.54, 1.807) is 0 Å². The van der Waals surface area contributed by atoms with E-state index in [2.05, 4.69) is 112 Å². The number of fused-ring (bicyclic) bond motifs is 9. The van der Waals surface area contributed by atoms with Crippen LogP contribution in [0.1, 0.15) is 0 Å². The maximum atomic E-state index is 6.22. The lowest BCUT2D eigenvalue weighted by atomic mass is 10.1. The zero-order valence-corrected chi connectivity index (χ0v) is 24.1. The zero-order valence-electron chi connectivity index (χ0n) is 24.1. The van der Waals surface area contributed by atoms with Crippen molar-refractivity contribution in [2.75, 3.05) is 0 Å². The predicted molar refractivity (Wildman–Crippen MR) is 183 cm³/mol. The summed E-state index contributed by atoms with van der Waals surface area (Å²) < 4.78 is 10.9. The molecule has 0 saturated heterocycles. The minimum atomic E-state index is 0.616. The topological polar surface area (TPSA) is 48.8 Å². The third-order valence-corrected chi connectivity index (χ3v) is 8.99. The van der Waals surface area contributed by atoms with Crippen LogP contribution >= 0.6 is 0 Å². The number of benzene rings is 6. The Labute approximate surface area is 257 Å². The van der Waals surface area contributed by atoms with E-state index in [4.69, 9.17) is 14.4 Å². The second-order valence-electron chi connectivity index (χ2n) is 11.5. The first-order valence-electron chi connectivity index (χ1n) is 15.1. The number of rotatable bonds is 3. The maximum absolute atomic E-state index is 6.22. The third kappa shape index (κ3) is 3.49. The Morgan fingerprint density at radius 2 is 1.24 bits per heavy atom. The summed E-state index contributed by atoms with van der Waals surface area (Å²) in [5, 5.41) is 7.20. The molecule has 0 spiro atoms. The van der Waals surface area contributed by atoms with Crippen LogP contribution in [0, 0.1) is 0 Å². The summed E-state index contributed by atoms with van der Waals surface area (Å²) in [5.74, 6) is 1.51. The minimum Gasteiger partial charge on any atom is -0.436 e. The molecule has 4 aromatic heterocycles. The zero-order chi connectivity index (χ0) is 29.5. The molecule has 0 fully saturated rings. The molecule has 10 aromatic rings. The van der Waals surface area contributed by atoms with Gasteiger partial charge in [0.25, 0.3) is 0 Å². The summed E-state index contributed by atoms with van der Waals surface area (Å²) in [7, 11) is 0. The van der Waals surface area contributed by atoms with Crippen LogP contribution in [-0.4, -0.2) is 19.1 Å². The lowest BCUT2D eigenvalue weighted by Gasteiger charge is -2.12. The van der Waals surface area contributed by atoms with Gasteiger partial charge in [-0.15, -0.1) is 0 Å². The first-order chi connectivity index (χ1) is 22.3. The first kappa shape index (κ1) is 24.3. The summed E-state index contributed by atoms with van der Waals surface area (Å²) in [4.78, 5) is 9.58. The molecule has 0 aliphatic heterocycles. The van der Waals surface area contributed by atoms with Crippen LogP contribution in [0.4, 0.5) is 0 Å². The normalized spacial score (nSPS) is 12.0. The molecule has 0 saturated carbocycles. The maximum Gasteiger partial charge on any atom is 0.227 e. The molecule has 0 radical (unpaired) electrons. The van der Waals surface area contributed by atoms with Crippen molar-refractivity contribution in [3.8, 4) is 23.0 Å². The third-order valence-electron chi connectivity index (χ3n) is 8.99. The smallest absolute Gasteiger partial charge is 0.227 e. The van der Waals surface area contributed by atoms with Crippen LogP contribution < -0.4 is 0 Å². The van der Waals surface area contributed by atoms with Gasteiger partial charge in [-0.3, -0.25) is 4.57 Å². The monoisotopic (exact) mass is 576 g/mol. The highest BCUT2D eigenvalue weighted by Crippen LogP contribution is 2.40. The number of pyridine rings is 1. The van der Waals surface area contributed by atoms with Crippen LogP contribution in [0.3, 0.4) is 0 Å². The van der Waals surface area contributed by atoms with Crippen LogP contribution in [0.5, 0.6) is 0 Å². The molecular formula is C40H24N4O. The summed E-state index contributed by atoms with van der Waals surface area (Å²) in [6.07, 6.45) is 1.85. The molecule has 0 amide bonds. The minimum absolute atomic E-state index is 0.616. The van der Waals surface area contributed by atoms with Crippen LogP contribution in [0.25, 0.3) is 88.4 Å². The number of para-hydroxylation sites is 3. The van der Waals surface area contributed by atoms with Crippen molar-refractivity contribution >= 4 is 65.5 Å². The standard InChI is InChI=1S/C40H24N4O/c1-2-10-28-25(9-1)16-20-32-31-19-17-26(40-42-33-12-4-6-14-37(33)45-40)23-35(31)43(39(28)32)27-18-21-30-29-11-3-5-13-34(29)44(36(30)24-27)38-15-7-8-22-41-38/h1-24H. The van der Waals surface area contributed by atoms with Crippen molar-refractivity contribution in [1.82, 2.24) is 19.1 Å². The fourth-order valence-electron chi connectivity index (χ4n) is 7.01. The number of aromatic nitrogens is 4. The van der Waals surface area contributed by atoms with Crippen LogP contribution in [-0.2, 0) is 0 Å². The number of hydrogen-bond donors (Lipinski definition) is 0. The highest BCUT2D eigenvalue weighted by atomic mass is 16.3. The van der Waals surface area contributed by atoms with Crippen LogP contribution in [0.15, 0.2) is 150 Å². The summed E-state index contributed by atoms with van der Waals surface area (Å²) in [5.41, 5.74) is 8.17. The fraction of sp³-hybridized carbons (Fsp3) is 0. The second kappa shape index (κ2) is 9.15. The van der Waals surface area contributed by atoms with Gasteiger partial charge in [-0.05, 0) is 60.0 Å². The van der Waals surface area contributed by atoms with E-state index in [1.807, 2.05) is 42.6 Å². The Kier molecular flexibility index (Phi) is 4.93. The molecule has 0 N–H and O–H groups in total. The quantitative estimate of drug-likeness (QED) is 0.210. The van der Waals surface area contributed by atoms with Gasteiger partial charge in [-0.2, -0.15) is 0 Å². The van der Waals surface area contributed by atoms with Crippen molar-refractivity contribution in [1.29, 1.82) is 0 Å². The highest BCUT2D eigenvalue weighted by Gasteiger charge is 2.19. The predicted octanol–water partition coefficient (Wildman–Crippen LogP) is 10.2. The van der Waals surface area contributed by atoms with Gasteiger partial charge in [0, 0.05) is 44.4 Å². The molecule has 10 rings (SSSR count). The lowest BCUT2D eigenvalue weighted by Crippen LogP contribution is -1.98. The Morgan fingerprint density at radius 3 is 2.16 bits per heavy atom. The molecule has 0 bridgehead atoms.